The van der Waals surface area contributed by atoms with Gasteiger partial charge in [-0.3, -0.25) is 9.59 Å². The third-order valence-corrected chi connectivity index (χ3v) is 5.62. The first-order valence-electron chi connectivity index (χ1n) is 9.72. The summed E-state index contributed by atoms with van der Waals surface area (Å²) >= 11 is 0. The number of hydrogen-bond acceptors (Lipinski definition) is 3. The van der Waals surface area contributed by atoms with Crippen molar-refractivity contribution in [1.29, 1.82) is 0 Å². The van der Waals surface area contributed by atoms with Crippen LogP contribution in [0.3, 0.4) is 0 Å². The maximum absolute atomic E-state index is 13.2. The van der Waals surface area contributed by atoms with Crippen molar-refractivity contribution in [3.8, 4) is 5.75 Å². The second-order valence-corrected chi connectivity index (χ2v) is 7.51. The van der Waals surface area contributed by atoms with Crippen LogP contribution in [0.25, 0.3) is 0 Å². The summed E-state index contributed by atoms with van der Waals surface area (Å²) in [4.78, 5) is 29.6. The van der Waals surface area contributed by atoms with Gasteiger partial charge < -0.3 is 14.5 Å². The van der Waals surface area contributed by atoms with Gasteiger partial charge >= 0.3 is 6.61 Å². The van der Waals surface area contributed by atoms with E-state index in [0.29, 0.717) is 25.2 Å². The van der Waals surface area contributed by atoms with Crippen molar-refractivity contribution < 1.29 is 23.1 Å². The molecule has 3 aliphatic heterocycles. The minimum atomic E-state index is -3.00. The van der Waals surface area contributed by atoms with Gasteiger partial charge in [0.05, 0.1) is 5.56 Å². The summed E-state index contributed by atoms with van der Waals surface area (Å²) in [5.74, 6) is -0.332. The minimum absolute atomic E-state index is 0.0433. The summed E-state index contributed by atoms with van der Waals surface area (Å²) in [7, 11) is 0. The van der Waals surface area contributed by atoms with E-state index in [2.05, 4.69) is 4.74 Å². The van der Waals surface area contributed by atoms with Gasteiger partial charge in [-0.15, -0.1) is 0 Å². The van der Waals surface area contributed by atoms with E-state index in [1.807, 2.05) is 23.1 Å². The normalized spacial score (nSPS) is 21.2. The van der Waals surface area contributed by atoms with Crippen LogP contribution in [-0.4, -0.2) is 53.9 Å². The number of alkyl halides is 2. The number of benzene rings is 2. The highest BCUT2D eigenvalue weighted by Crippen LogP contribution is 2.32. The number of hydrogen-bond donors (Lipinski definition) is 0. The van der Waals surface area contributed by atoms with Crippen LogP contribution in [0.4, 0.5) is 8.78 Å². The zero-order valence-electron chi connectivity index (χ0n) is 15.8. The highest BCUT2D eigenvalue weighted by Gasteiger charge is 2.39. The highest BCUT2D eigenvalue weighted by atomic mass is 19.3. The Morgan fingerprint density at radius 2 is 1.62 bits per heavy atom. The van der Waals surface area contributed by atoms with Crippen molar-refractivity contribution in [2.45, 2.75) is 25.5 Å². The monoisotopic (exact) mass is 400 g/mol. The van der Waals surface area contributed by atoms with Crippen LogP contribution in [-0.2, 0) is 0 Å². The van der Waals surface area contributed by atoms with E-state index in [1.54, 1.807) is 29.2 Å². The van der Waals surface area contributed by atoms with Crippen LogP contribution in [0, 0.1) is 5.92 Å². The van der Waals surface area contributed by atoms with Gasteiger partial charge in [-0.05, 0) is 43.0 Å². The fourth-order valence-electron chi connectivity index (χ4n) is 4.26. The van der Waals surface area contributed by atoms with Crippen molar-refractivity contribution in [1.82, 2.24) is 9.80 Å². The molecule has 3 fully saturated rings. The lowest BCUT2D eigenvalue weighted by Gasteiger charge is -2.36. The first-order chi connectivity index (χ1) is 14.0. The molecule has 0 aliphatic carbocycles. The molecule has 0 aromatic heterocycles. The fraction of sp³-hybridized carbons (Fsp3) is 0.364. The molecule has 2 aromatic carbocycles. The number of nitrogens with zero attached hydrogens (tertiary/aromatic N) is 2. The predicted octanol–water partition coefficient (Wildman–Crippen LogP) is 3.66. The SMILES string of the molecule is O=C(c1ccccc1)N1C[C@@H]2CC[C@H](C1)N(C(=O)c1ccccc1OC(F)F)C2. The van der Waals surface area contributed by atoms with E-state index >= 15 is 0 Å². The molecule has 2 atom stereocenters. The van der Waals surface area contributed by atoms with Gasteiger partial charge in [-0.1, -0.05) is 30.3 Å². The van der Waals surface area contributed by atoms with Crippen molar-refractivity contribution in [2.24, 2.45) is 5.92 Å². The fourth-order valence-corrected chi connectivity index (χ4v) is 4.26. The first kappa shape index (κ1) is 19.4. The molecule has 0 spiro atoms. The molecule has 29 heavy (non-hydrogen) atoms. The molecule has 7 heteroatoms. The second kappa shape index (κ2) is 8.19. The van der Waals surface area contributed by atoms with Crippen LogP contribution >= 0.6 is 0 Å². The van der Waals surface area contributed by atoms with Crippen LogP contribution < -0.4 is 4.74 Å². The summed E-state index contributed by atoms with van der Waals surface area (Å²) in [6.45, 7) is -1.47. The first-order valence-corrected chi connectivity index (χ1v) is 9.72. The Hall–Kier alpha value is -2.96. The smallest absolute Gasteiger partial charge is 0.387 e. The Kier molecular flexibility index (Phi) is 5.47. The van der Waals surface area contributed by atoms with E-state index in [1.165, 1.54) is 12.1 Å². The molecule has 152 valence electrons. The maximum atomic E-state index is 13.2. The molecule has 3 saturated heterocycles. The van der Waals surface area contributed by atoms with Crippen LogP contribution in [0.2, 0.25) is 0 Å². The lowest BCUT2D eigenvalue weighted by atomic mass is 9.94. The zero-order chi connectivity index (χ0) is 20.4. The van der Waals surface area contributed by atoms with Crippen molar-refractivity contribution >= 4 is 11.8 Å². The van der Waals surface area contributed by atoms with Crippen LogP contribution in [0.15, 0.2) is 54.6 Å². The topological polar surface area (TPSA) is 49.9 Å². The van der Waals surface area contributed by atoms with Crippen LogP contribution in [0.5, 0.6) is 5.75 Å². The van der Waals surface area contributed by atoms with Gasteiger partial charge in [0, 0.05) is 31.2 Å². The number of piperidine rings is 1. The van der Waals surface area contributed by atoms with Crippen molar-refractivity contribution in [3.05, 3.63) is 65.7 Å². The van der Waals surface area contributed by atoms with Gasteiger partial charge in [0.15, 0.2) is 0 Å². The number of fused-ring (bicyclic) bond motifs is 4. The lowest BCUT2D eigenvalue weighted by molar-refractivity contribution is -0.0503. The molecule has 0 N–H and O–H groups in total. The summed E-state index contributed by atoms with van der Waals surface area (Å²) in [5, 5.41) is 0. The predicted molar refractivity (Wildman–Crippen MR) is 103 cm³/mol. The summed E-state index contributed by atoms with van der Waals surface area (Å²) in [6, 6.07) is 15.0. The van der Waals surface area contributed by atoms with Gasteiger partial charge in [-0.2, -0.15) is 8.78 Å². The number of rotatable bonds is 4. The van der Waals surface area contributed by atoms with E-state index in [0.717, 1.165) is 12.8 Å². The number of ether oxygens (including phenoxy) is 1. The van der Waals surface area contributed by atoms with Crippen molar-refractivity contribution in [3.63, 3.8) is 0 Å². The Morgan fingerprint density at radius 1 is 0.897 bits per heavy atom. The molecule has 3 aliphatic rings. The molecule has 0 radical (unpaired) electrons. The Bertz CT molecular complexity index is 891. The molecule has 0 saturated carbocycles. The Balaban J connectivity index is 1.55. The number of carbonyl (C=O) groups excluding carboxylic acids is 2. The minimum Gasteiger partial charge on any atom is -0.434 e. The quantitative estimate of drug-likeness (QED) is 0.787. The second-order valence-electron chi connectivity index (χ2n) is 7.51. The number of halogens is 2. The third kappa shape index (κ3) is 4.09. The molecule has 2 aromatic rings. The maximum Gasteiger partial charge on any atom is 0.387 e. The van der Waals surface area contributed by atoms with Gasteiger partial charge in [0.2, 0.25) is 0 Å². The molecule has 2 amide bonds. The third-order valence-electron chi connectivity index (χ3n) is 5.62. The summed E-state index contributed by atoms with van der Waals surface area (Å²) < 4.78 is 30.0. The number of amides is 2. The van der Waals surface area contributed by atoms with Gasteiger partial charge in [-0.25, -0.2) is 0 Å². The Morgan fingerprint density at radius 3 is 2.38 bits per heavy atom. The lowest BCUT2D eigenvalue weighted by Crippen LogP contribution is -2.47. The average Bonchev–Trinajstić information content (AvgIpc) is 3.05. The zero-order valence-corrected chi connectivity index (χ0v) is 15.8. The molecular weight excluding hydrogens is 378 g/mol. The van der Waals surface area contributed by atoms with Gasteiger partial charge in [0.25, 0.3) is 11.8 Å². The van der Waals surface area contributed by atoms with E-state index in [4.69, 9.17) is 0 Å². The van der Waals surface area contributed by atoms with E-state index < -0.39 is 6.61 Å². The van der Waals surface area contributed by atoms with E-state index in [9.17, 15) is 18.4 Å². The highest BCUT2D eigenvalue weighted by molar-refractivity contribution is 5.97. The molecular formula is C22H22F2N2O3. The van der Waals surface area contributed by atoms with Crippen molar-refractivity contribution in [2.75, 3.05) is 19.6 Å². The number of para-hydroxylation sites is 1. The molecule has 0 unspecified atom stereocenters. The molecule has 3 heterocycles. The molecule has 5 nitrogen and oxygen atoms in total. The van der Waals surface area contributed by atoms with E-state index in [-0.39, 0.29) is 35.1 Å². The average molecular weight is 400 g/mol. The largest absolute Gasteiger partial charge is 0.434 e. The summed E-state index contributed by atoms with van der Waals surface area (Å²) in [6.07, 6.45) is 1.72. The van der Waals surface area contributed by atoms with Crippen LogP contribution in [0.1, 0.15) is 33.6 Å². The molecule has 5 rings (SSSR count). The van der Waals surface area contributed by atoms with Gasteiger partial charge in [0.1, 0.15) is 5.75 Å². The number of carbonyl (C=O) groups is 2. The Labute approximate surface area is 167 Å². The molecule has 2 bridgehead atoms. The summed E-state index contributed by atoms with van der Waals surface area (Å²) in [5.41, 5.74) is 0.753. The standard InChI is InChI=1S/C22H22F2N2O3/c23-22(24)29-19-9-5-4-8-18(19)21(28)26-13-15-10-11-17(26)14-25(12-15)20(27)16-6-2-1-3-7-16/h1-9,15,17,22H,10-14H2/t15-,17+/m0/s1.